The Morgan fingerprint density at radius 2 is 1.77 bits per heavy atom. The number of thiophene rings is 1. The van der Waals surface area contributed by atoms with E-state index in [1.807, 2.05) is 12.1 Å². The Morgan fingerprint density at radius 3 is 2.45 bits per heavy atom. The fourth-order valence-corrected chi connectivity index (χ4v) is 7.99. The minimum atomic E-state index is -0.330. The summed E-state index contributed by atoms with van der Waals surface area (Å²) >= 11 is 1.75. The number of hydrogen-bond acceptors (Lipinski definition) is 5. The van der Waals surface area contributed by atoms with Crippen molar-refractivity contribution in [2.75, 3.05) is 26.2 Å². The quantitative estimate of drug-likeness (QED) is 0.0913. The van der Waals surface area contributed by atoms with Crippen LogP contribution in [0.15, 0.2) is 66.0 Å². The van der Waals surface area contributed by atoms with Gasteiger partial charge in [-0.3, -0.25) is 9.59 Å². The normalized spacial score (nSPS) is 15.1. The van der Waals surface area contributed by atoms with Crippen molar-refractivity contribution in [1.82, 2.24) is 19.8 Å². The smallest absolute Gasteiger partial charge is 0.223 e. The van der Waals surface area contributed by atoms with Gasteiger partial charge in [-0.1, -0.05) is 64.1 Å². The van der Waals surface area contributed by atoms with Crippen molar-refractivity contribution in [1.29, 1.82) is 0 Å². The Bertz CT molecular complexity index is 1550. The van der Waals surface area contributed by atoms with E-state index in [0.717, 1.165) is 68.1 Å². The van der Waals surface area contributed by atoms with Crippen molar-refractivity contribution in [3.8, 4) is 0 Å². The van der Waals surface area contributed by atoms with E-state index in [2.05, 4.69) is 96.4 Å². The second-order valence-electron chi connectivity index (χ2n) is 13.9. The van der Waals surface area contributed by atoms with Gasteiger partial charge in [0, 0.05) is 41.8 Å². The Labute approximate surface area is 286 Å². The number of carbonyl (C=O) groups is 2. The summed E-state index contributed by atoms with van der Waals surface area (Å²) < 4.78 is 2.38. The minimum absolute atomic E-state index is 0.00550. The lowest BCUT2D eigenvalue weighted by atomic mass is 9.89. The Kier molecular flexibility index (Phi) is 12.8. The van der Waals surface area contributed by atoms with Gasteiger partial charge >= 0.3 is 0 Å². The summed E-state index contributed by atoms with van der Waals surface area (Å²) in [4.78, 5) is 35.9. The Hall–Kier alpha value is -3.29. The van der Waals surface area contributed by atoms with Crippen LogP contribution in [0.25, 0.3) is 11.0 Å². The molecule has 5 rings (SSSR count). The maximum Gasteiger partial charge on any atom is 0.223 e. The molecule has 1 atom stereocenters. The Balaban J connectivity index is 1.15. The summed E-state index contributed by atoms with van der Waals surface area (Å²) in [6.45, 7) is 12.6. The van der Waals surface area contributed by atoms with Crippen LogP contribution >= 0.6 is 11.3 Å². The molecule has 0 saturated carbocycles. The summed E-state index contributed by atoms with van der Waals surface area (Å²) in [5.74, 6) is 1.83. The monoisotopic (exact) mass is 654 g/mol. The van der Waals surface area contributed by atoms with Gasteiger partial charge < -0.3 is 14.8 Å². The molecule has 2 aromatic carbocycles. The molecule has 1 fully saturated rings. The highest BCUT2D eigenvalue weighted by Crippen LogP contribution is 2.29. The number of piperidine rings is 1. The SMILES string of the molecule is CCC(CC)n1c(Cc2cccs2)nc2cc(C(=O)C[C@@H](CC(C)C)C(=O)NCCCN3CCC(Cc4ccccc4)CC3)ccc21. The average Bonchev–Trinajstić information content (AvgIpc) is 3.72. The molecular weight excluding hydrogens is 601 g/mol. The number of rotatable bonds is 17. The number of carbonyl (C=O) groups excluding carboxylic acids is 2. The van der Waals surface area contributed by atoms with E-state index in [-0.39, 0.29) is 24.0 Å². The third kappa shape index (κ3) is 9.64. The van der Waals surface area contributed by atoms with Crippen molar-refractivity contribution in [3.05, 3.63) is 87.9 Å². The molecule has 0 unspecified atom stereocenters. The van der Waals surface area contributed by atoms with Crippen LogP contribution in [0.3, 0.4) is 0 Å². The maximum atomic E-state index is 13.6. The van der Waals surface area contributed by atoms with Gasteiger partial charge in [-0.15, -0.1) is 11.3 Å². The van der Waals surface area contributed by atoms with Crippen molar-refractivity contribution in [3.63, 3.8) is 0 Å². The molecule has 7 heteroatoms. The van der Waals surface area contributed by atoms with Gasteiger partial charge in [0.05, 0.1) is 11.0 Å². The zero-order valence-electron chi connectivity index (χ0n) is 28.9. The number of amides is 1. The van der Waals surface area contributed by atoms with Crippen LogP contribution in [0.4, 0.5) is 0 Å². The highest BCUT2D eigenvalue weighted by molar-refractivity contribution is 7.09. The van der Waals surface area contributed by atoms with E-state index >= 15 is 0 Å². The number of ketones is 1. The minimum Gasteiger partial charge on any atom is -0.356 e. The third-order valence-electron chi connectivity index (χ3n) is 9.89. The average molecular weight is 655 g/mol. The number of likely N-dealkylation sites (tertiary alicyclic amines) is 1. The number of Topliss-reactive ketones (excluding diaryl/α,β-unsaturated/α-hetero) is 1. The molecule has 1 aliphatic rings. The maximum absolute atomic E-state index is 13.6. The molecule has 1 saturated heterocycles. The van der Waals surface area contributed by atoms with Crippen molar-refractivity contribution in [2.45, 2.75) is 91.5 Å². The number of aromatic nitrogens is 2. The predicted octanol–water partition coefficient (Wildman–Crippen LogP) is 8.75. The number of fused-ring (bicyclic) bond motifs is 1. The van der Waals surface area contributed by atoms with Gasteiger partial charge in [0.1, 0.15) is 5.82 Å². The second kappa shape index (κ2) is 17.2. The highest BCUT2D eigenvalue weighted by Gasteiger charge is 2.25. The molecule has 0 bridgehead atoms. The van der Waals surface area contributed by atoms with Gasteiger partial charge in [0.2, 0.25) is 5.91 Å². The number of nitrogens with one attached hydrogen (secondary N) is 1. The molecule has 6 nitrogen and oxygen atoms in total. The van der Waals surface area contributed by atoms with E-state index in [1.165, 1.54) is 29.7 Å². The van der Waals surface area contributed by atoms with Crippen molar-refractivity contribution in [2.24, 2.45) is 17.8 Å². The summed E-state index contributed by atoms with van der Waals surface area (Å²) in [6, 6.07) is 21.4. The number of benzene rings is 2. The van der Waals surface area contributed by atoms with Gasteiger partial charge in [0.15, 0.2) is 5.78 Å². The predicted molar refractivity (Wildman–Crippen MR) is 195 cm³/mol. The van der Waals surface area contributed by atoms with Gasteiger partial charge in [-0.25, -0.2) is 4.98 Å². The molecule has 0 aliphatic carbocycles. The van der Waals surface area contributed by atoms with Crippen molar-refractivity contribution >= 4 is 34.1 Å². The number of hydrogen-bond donors (Lipinski definition) is 1. The summed E-state index contributed by atoms with van der Waals surface area (Å²) in [5, 5.41) is 5.29. The van der Waals surface area contributed by atoms with Crippen LogP contribution in [0, 0.1) is 17.8 Å². The first-order valence-corrected chi connectivity index (χ1v) is 18.8. The van der Waals surface area contributed by atoms with E-state index < -0.39 is 0 Å². The lowest BCUT2D eigenvalue weighted by Crippen LogP contribution is -2.38. The molecule has 1 N–H and O–H groups in total. The first-order valence-electron chi connectivity index (χ1n) is 17.9. The lowest BCUT2D eigenvalue weighted by molar-refractivity contribution is -0.125. The van der Waals surface area contributed by atoms with Crippen LogP contribution in [0.1, 0.15) is 105 Å². The molecule has 47 heavy (non-hydrogen) atoms. The number of imidazole rings is 1. The summed E-state index contributed by atoms with van der Waals surface area (Å²) in [7, 11) is 0. The molecule has 3 heterocycles. The fourth-order valence-electron chi connectivity index (χ4n) is 7.29. The van der Waals surface area contributed by atoms with Crippen LogP contribution in [0.5, 0.6) is 0 Å². The molecule has 0 spiro atoms. The van der Waals surface area contributed by atoms with E-state index in [9.17, 15) is 9.59 Å². The van der Waals surface area contributed by atoms with Crippen LogP contribution < -0.4 is 5.32 Å². The molecule has 0 radical (unpaired) electrons. The molecule has 1 amide bonds. The number of nitrogens with zero attached hydrogens (tertiary/aromatic N) is 3. The van der Waals surface area contributed by atoms with Crippen LogP contribution in [-0.4, -0.2) is 52.3 Å². The van der Waals surface area contributed by atoms with E-state index in [1.54, 1.807) is 11.3 Å². The lowest BCUT2D eigenvalue weighted by Gasteiger charge is -2.32. The standard InChI is InChI=1S/C40H54N4O2S/c1-5-34(6-2)44-37-16-15-32(26-36(37)42-39(44)28-35-14-10-23-47-35)38(45)27-33(24-29(3)4)40(46)41-19-11-20-43-21-17-31(18-22-43)25-30-12-8-7-9-13-30/h7-10,12-16,23,26,29,31,33-34H,5-6,11,17-22,24-25,27-28H2,1-4H3,(H,41,46)/t33-/m1/s1. The molecular formula is C40H54N4O2S. The van der Waals surface area contributed by atoms with Crippen LogP contribution in [-0.2, 0) is 17.6 Å². The van der Waals surface area contributed by atoms with Crippen LogP contribution in [0.2, 0.25) is 0 Å². The molecule has 4 aromatic rings. The first kappa shape index (κ1) is 35.0. The van der Waals surface area contributed by atoms with E-state index in [4.69, 9.17) is 4.98 Å². The molecule has 252 valence electrons. The zero-order valence-corrected chi connectivity index (χ0v) is 29.7. The largest absolute Gasteiger partial charge is 0.356 e. The fraction of sp³-hybridized carbons (Fsp3) is 0.525. The first-order chi connectivity index (χ1) is 22.8. The van der Waals surface area contributed by atoms with Gasteiger partial charge in [-0.05, 0) is 112 Å². The topological polar surface area (TPSA) is 67.2 Å². The second-order valence-corrected chi connectivity index (χ2v) is 14.9. The highest BCUT2D eigenvalue weighted by atomic mass is 32.1. The molecule has 2 aromatic heterocycles. The Morgan fingerprint density at radius 1 is 1.00 bits per heavy atom. The third-order valence-corrected chi connectivity index (χ3v) is 10.8. The van der Waals surface area contributed by atoms with E-state index in [0.29, 0.717) is 30.5 Å². The molecule has 1 aliphatic heterocycles. The van der Waals surface area contributed by atoms with Gasteiger partial charge in [0.25, 0.3) is 0 Å². The summed E-state index contributed by atoms with van der Waals surface area (Å²) in [6.07, 6.45) is 8.34. The van der Waals surface area contributed by atoms with Crippen molar-refractivity contribution < 1.29 is 9.59 Å². The zero-order chi connectivity index (χ0) is 33.2. The summed E-state index contributed by atoms with van der Waals surface area (Å²) in [5.41, 5.74) is 4.03. The van der Waals surface area contributed by atoms with Gasteiger partial charge in [-0.2, -0.15) is 0 Å².